The van der Waals surface area contributed by atoms with E-state index in [0.29, 0.717) is 17.1 Å². The number of rotatable bonds is 3. The molecule has 1 atom stereocenters. The Labute approximate surface area is 86.3 Å². The van der Waals surface area contributed by atoms with E-state index >= 15 is 0 Å². The van der Waals surface area contributed by atoms with E-state index in [1.807, 2.05) is 0 Å². The molecule has 0 saturated heterocycles. The monoisotopic (exact) mass is 206 g/mol. The topological polar surface area (TPSA) is 68.4 Å². The molecule has 0 fully saturated rings. The molecule has 0 aliphatic rings. The number of hydrogen-bond donors (Lipinski definition) is 1. The molecule has 0 aliphatic heterocycles. The first kappa shape index (κ1) is 9.67. The fourth-order valence-corrected chi connectivity index (χ4v) is 1.19. The maximum Gasteiger partial charge on any atom is 0.233 e. The lowest BCUT2D eigenvalue weighted by atomic mass is 10.1. The third kappa shape index (κ3) is 1.97. The van der Waals surface area contributed by atoms with Gasteiger partial charge in [0.05, 0.1) is 25.3 Å². The molecule has 2 aromatic heterocycles. The molecular formula is C10H10N2O3. The standard InChI is InChI=1S/C10H10N2O3/c1-14-9-3-2-8(11-12-9)10(13)7-4-5-15-6-7/h2-6,10,13H,1H3. The van der Waals surface area contributed by atoms with E-state index in [1.54, 1.807) is 18.2 Å². The minimum Gasteiger partial charge on any atom is -0.480 e. The second-order valence-corrected chi connectivity index (χ2v) is 2.96. The number of furan rings is 1. The Balaban J connectivity index is 2.22. The van der Waals surface area contributed by atoms with Crippen LogP contribution in [0.15, 0.2) is 35.1 Å². The average molecular weight is 206 g/mol. The smallest absolute Gasteiger partial charge is 0.233 e. The zero-order valence-corrected chi connectivity index (χ0v) is 8.12. The van der Waals surface area contributed by atoms with Crippen molar-refractivity contribution in [3.8, 4) is 5.88 Å². The van der Waals surface area contributed by atoms with Crippen LogP contribution in [0.5, 0.6) is 5.88 Å². The van der Waals surface area contributed by atoms with E-state index in [2.05, 4.69) is 10.2 Å². The third-order valence-corrected chi connectivity index (χ3v) is 2.01. The van der Waals surface area contributed by atoms with Gasteiger partial charge in [-0.25, -0.2) is 0 Å². The maximum absolute atomic E-state index is 9.84. The highest BCUT2D eigenvalue weighted by Crippen LogP contribution is 2.20. The molecule has 1 unspecified atom stereocenters. The Morgan fingerprint density at radius 2 is 2.20 bits per heavy atom. The Hall–Kier alpha value is -1.88. The van der Waals surface area contributed by atoms with Gasteiger partial charge >= 0.3 is 0 Å². The van der Waals surface area contributed by atoms with Crippen LogP contribution in [0.2, 0.25) is 0 Å². The summed E-state index contributed by atoms with van der Waals surface area (Å²) in [5.74, 6) is 0.415. The van der Waals surface area contributed by atoms with Crippen LogP contribution < -0.4 is 4.74 Å². The molecule has 0 amide bonds. The lowest BCUT2D eigenvalue weighted by molar-refractivity contribution is 0.212. The number of nitrogens with zero attached hydrogens (tertiary/aromatic N) is 2. The quantitative estimate of drug-likeness (QED) is 0.816. The highest BCUT2D eigenvalue weighted by molar-refractivity contribution is 5.22. The van der Waals surface area contributed by atoms with Crippen LogP contribution in [-0.4, -0.2) is 22.4 Å². The molecular weight excluding hydrogens is 196 g/mol. The molecule has 15 heavy (non-hydrogen) atoms. The molecule has 5 heteroatoms. The van der Waals surface area contributed by atoms with Crippen molar-refractivity contribution in [3.05, 3.63) is 42.0 Å². The summed E-state index contributed by atoms with van der Waals surface area (Å²) in [5.41, 5.74) is 1.10. The summed E-state index contributed by atoms with van der Waals surface area (Å²) in [4.78, 5) is 0. The summed E-state index contributed by atoms with van der Waals surface area (Å²) >= 11 is 0. The lowest BCUT2D eigenvalue weighted by Gasteiger charge is -2.06. The van der Waals surface area contributed by atoms with Crippen molar-refractivity contribution < 1.29 is 14.3 Å². The SMILES string of the molecule is COc1ccc(C(O)c2ccoc2)nn1. The Bertz CT molecular complexity index is 411. The van der Waals surface area contributed by atoms with Crippen LogP contribution in [0, 0.1) is 0 Å². The summed E-state index contributed by atoms with van der Waals surface area (Å²) in [6.07, 6.45) is 2.15. The molecule has 2 rings (SSSR count). The van der Waals surface area contributed by atoms with Crippen LogP contribution >= 0.6 is 0 Å². The van der Waals surface area contributed by atoms with Gasteiger partial charge in [0, 0.05) is 11.6 Å². The summed E-state index contributed by atoms with van der Waals surface area (Å²) < 4.78 is 9.74. The number of hydrogen-bond acceptors (Lipinski definition) is 5. The summed E-state index contributed by atoms with van der Waals surface area (Å²) in [6.45, 7) is 0. The highest BCUT2D eigenvalue weighted by Gasteiger charge is 2.13. The maximum atomic E-state index is 9.84. The number of aliphatic hydroxyl groups is 1. The van der Waals surface area contributed by atoms with Crippen LogP contribution in [0.4, 0.5) is 0 Å². The highest BCUT2D eigenvalue weighted by atomic mass is 16.5. The largest absolute Gasteiger partial charge is 0.480 e. The van der Waals surface area contributed by atoms with Crippen LogP contribution in [0.1, 0.15) is 17.4 Å². The lowest BCUT2D eigenvalue weighted by Crippen LogP contribution is -2.03. The van der Waals surface area contributed by atoms with E-state index in [1.165, 1.54) is 19.6 Å². The third-order valence-electron chi connectivity index (χ3n) is 2.01. The normalized spacial score (nSPS) is 12.4. The first-order valence-corrected chi connectivity index (χ1v) is 4.39. The Morgan fingerprint density at radius 3 is 2.73 bits per heavy atom. The van der Waals surface area contributed by atoms with E-state index in [-0.39, 0.29) is 0 Å². The summed E-state index contributed by atoms with van der Waals surface area (Å²) in [7, 11) is 1.51. The van der Waals surface area contributed by atoms with E-state index in [0.717, 1.165) is 0 Å². The van der Waals surface area contributed by atoms with Gasteiger partial charge in [0.1, 0.15) is 6.10 Å². The van der Waals surface area contributed by atoms with E-state index in [4.69, 9.17) is 9.15 Å². The minimum atomic E-state index is -0.817. The molecule has 5 nitrogen and oxygen atoms in total. The Kier molecular flexibility index (Phi) is 2.64. The average Bonchev–Trinajstić information content (AvgIpc) is 2.82. The van der Waals surface area contributed by atoms with Gasteiger partial charge in [0.2, 0.25) is 5.88 Å². The molecule has 0 aromatic carbocycles. The van der Waals surface area contributed by atoms with Crippen molar-refractivity contribution in [2.24, 2.45) is 0 Å². The number of aromatic nitrogens is 2. The zero-order valence-electron chi connectivity index (χ0n) is 8.12. The van der Waals surface area contributed by atoms with Crippen LogP contribution in [0.25, 0.3) is 0 Å². The fourth-order valence-electron chi connectivity index (χ4n) is 1.19. The Morgan fingerprint density at radius 1 is 1.33 bits per heavy atom. The molecule has 0 bridgehead atoms. The fraction of sp³-hybridized carbons (Fsp3) is 0.200. The molecule has 0 spiro atoms. The molecule has 0 aliphatic carbocycles. The van der Waals surface area contributed by atoms with Gasteiger partial charge in [-0.2, -0.15) is 0 Å². The van der Waals surface area contributed by atoms with Crippen molar-refractivity contribution >= 4 is 0 Å². The summed E-state index contributed by atoms with van der Waals surface area (Å²) in [5, 5.41) is 17.4. The van der Waals surface area contributed by atoms with Gasteiger partial charge in [-0.1, -0.05) is 0 Å². The molecule has 0 saturated carbocycles. The summed E-state index contributed by atoms with van der Waals surface area (Å²) in [6, 6.07) is 4.98. The number of methoxy groups -OCH3 is 1. The molecule has 2 aromatic rings. The first-order valence-electron chi connectivity index (χ1n) is 4.39. The molecule has 1 N–H and O–H groups in total. The number of ether oxygens (including phenoxy) is 1. The second-order valence-electron chi connectivity index (χ2n) is 2.96. The predicted molar refractivity (Wildman–Crippen MR) is 51.4 cm³/mol. The van der Waals surface area contributed by atoms with Crippen LogP contribution in [0.3, 0.4) is 0 Å². The predicted octanol–water partition coefficient (Wildman–Crippen LogP) is 1.16. The second kappa shape index (κ2) is 4.10. The van der Waals surface area contributed by atoms with Crippen molar-refractivity contribution in [2.75, 3.05) is 7.11 Å². The van der Waals surface area contributed by atoms with Gasteiger partial charge in [-0.15, -0.1) is 10.2 Å². The zero-order chi connectivity index (χ0) is 10.7. The van der Waals surface area contributed by atoms with E-state index < -0.39 is 6.10 Å². The molecule has 78 valence electrons. The van der Waals surface area contributed by atoms with Crippen molar-refractivity contribution in [3.63, 3.8) is 0 Å². The van der Waals surface area contributed by atoms with Crippen LogP contribution in [-0.2, 0) is 0 Å². The van der Waals surface area contributed by atoms with Gasteiger partial charge in [0.15, 0.2) is 0 Å². The number of aliphatic hydroxyl groups excluding tert-OH is 1. The van der Waals surface area contributed by atoms with Crippen molar-refractivity contribution in [2.45, 2.75) is 6.10 Å². The molecule has 0 radical (unpaired) electrons. The van der Waals surface area contributed by atoms with E-state index in [9.17, 15) is 5.11 Å². The van der Waals surface area contributed by atoms with Gasteiger partial charge < -0.3 is 14.3 Å². The van der Waals surface area contributed by atoms with Crippen molar-refractivity contribution in [1.82, 2.24) is 10.2 Å². The van der Waals surface area contributed by atoms with Gasteiger partial charge in [-0.05, 0) is 12.1 Å². The minimum absolute atomic E-state index is 0.415. The van der Waals surface area contributed by atoms with Gasteiger partial charge in [-0.3, -0.25) is 0 Å². The van der Waals surface area contributed by atoms with Gasteiger partial charge in [0.25, 0.3) is 0 Å². The van der Waals surface area contributed by atoms with Crippen molar-refractivity contribution in [1.29, 1.82) is 0 Å². The molecule has 2 heterocycles. The first-order chi connectivity index (χ1) is 7.31.